The van der Waals surface area contributed by atoms with Crippen LogP contribution in [0.4, 0.5) is 8.78 Å². The fraction of sp³-hybridized carbons (Fsp3) is 0.294. The van der Waals surface area contributed by atoms with Gasteiger partial charge in [-0.3, -0.25) is 0 Å². The molecule has 0 radical (unpaired) electrons. The number of alkyl halides is 2. The SMILES string of the molecule is FC(F)c1nnc(-c2cnc(CC3(c4ccc(Cl)cc4)CC3)nc2)o1. The van der Waals surface area contributed by atoms with Gasteiger partial charge in [-0.2, -0.15) is 8.78 Å². The highest BCUT2D eigenvalue weighted by molar-refractivity contribution is 6.30. The largest absolute Gasteiger partial charge is 0.415 e. The van der Waals surface area contributed by atoms with Crippen LogP contribution in [0.25, 0.3) is 11.5 Å². The van der Waals surface area contributed by atoms with E-state index in [0.717, 1.165) is 12.8 Å². The first-order chi connectivity index (χ1) is 12.1. The molecular formula is C17H13ClF2N4O. The molecule has 1 saturated carbocycles. The third-order valence-corrected chi connectivity index (χ3v) is 4.64. The lowest BCUT2D eigenvalue weighted by Gasteiger charge is -2.14. The van der Waals surface area contributed by atoms with Gasteiger partial charge in [0.25, 0.3) is 11.8 Å². The lowest BCUT2D eigenvalue weighted by Crippen LogP contribution is -2.12. The molecule has 1 aliphatic rings. The molecule has 25 heavy (non-hydrogen) atoms. The molecule has 2 heterocycles. The van der Waals surface area contributed by atoms with Crippen molar-refractivity contribution in [3.63, 3.8) is 0 Å². The van der Waals surface area contributed by atoms with Crippen LogP contribution in [-0.4, -0.2) is 20.2 Å². The summed E-state index contributed by atoms with van der Waals surface area (Å²) >= 11 is 5.95. The van der Waals surface area contributed by atoms with Crippen LogP contribution in [0.2, 0.25) is 5.02 Å². The van der Waals surface area contributed by atoms with E-state index in [-0.39, 0.29) is 11.3 Å². The van der Waals surface area contributed by atoms with E-state index in [0.29, 0.717) is 22.8 Å². The molecule has 0 atom stereocenters. The van der Waals surface area contributed by atoms with Gasteiger partial charge in [0.1, 0.15) is 5.82 Å². The third kappa shape index (κ3) is 3.24. The summed E-state index contributed by atoms with van der Waals surface area (Å²) in [5.74, 6) is -0.0377. The van der Waals surface area contributed by atoms with Gasteiger partial charge in [0.2, 0.25) is 0 Å². The lowest BCUT2D eigenvalue weighted by atomic mass is 9.92. The number of halogens is 3. The van der Waals surface area contributed by atoms with Crippen LogP contribution in [0, 0.1) is 0 Å². The second-order valence-electron chi connectivity index (χ2n) is 6.10. The van der Waals surface area contributed by atoms with E-state index in [4.69, 9.17) is 16.0 Å². The monoisotopic (exact) mass is 362 g/mol. The molecule has 0 saturated heterocycles. The van der Waals surface area contributed by atoms with Crippen LogP contribution in [0.5, 0.6) is 0 Å². The second-order valence-corrected chi connectivity index (χ2v) is 6.53. The Morgan fingerprint density at radius 1 is 1.08 bits per heavy atom. The molecule has 3 aromatic rings. The molecule has 1 aliphatic carbocycles. The van der Waals surface area contributed by atoms with E-state index in [2.05, 4.69) is 20.2 Å². The molecular weight excluding hydrogens is 350 g/mol. The van der Waals surface area contributed by atoms with Crippen molar-refractivity contribution >= 4 is 11.6 Å². The first-order valence-electron chi connectivity index (χ1n) is 7.75. The molecule has 2 aromatic heterocycles. The number of hydrogen-bond acceptors (Lipinski definition) is 5. The molecule has 5 nitrogen and oxygen atoms in total. The molecule has 1 aromatic carbocycles. The minimum Gasteiger partial charge on any atom is -0.415 e. The first kappa shape index (κ1) is 16.1. The molecule has 0 amide bonds. The maximum Gasteiger partial charge on any atom is 0.314 e. The Kier molecular flexibility index (Phi) is 3.95. The van der Waals surface area contributed by atoms with E-state index in [1.807, 2.05) is 24.3 Å². The van der Waals surface area contributed by atoms with Gasteiger partial charge in [0.05, 0.1) is 5.56 Å². The van der Waals surface area contributed by atoms with Crippen molar-refractivity contribution in [1.82, 2.24) is 20.2 Å². The summed E-state index contributed by atoms with van der Waals surface area (Å²) in [5, 5.41) is 7.60. The average molecular weight is 363 g/mol. The minimum atomic E-state index is -2.80. The van der Waals surface area contributed by atoms with Crippen LogP contribution in [-0.2, 0) is 11.8 Å². The Morgan fingerprint density at radius 3 is 2.32 bits per heavy atom. The van der Waals surface area contributed by atoms with E-state index in [9.17, 15) is 8.78 Å². The van der Waals surface area contributed by atoms with E-state index >= 15 is 0 Å². The topological polar surface area (TPSA) is 64.7 Å². The van der Waals surface area contributed by atoms with Crippen molar-refractivity contribution in [1.29, 1.82) is 0 Å². The quantitative estimate of drug-likeness (QED) is 0.673. The Balaban J connectivity index is 1.51. The zero-order valence-corrected chi connectivity index (χ0v) is 13.7. The molecule has 1 fully saturated rings. The summed E-state index contributed by atoms with van der Waals surface area (Å²) in [7, 11) is 0. The van der Waals surface area contributed by atoms with Crippen molar-refractivity contribution in [3.8, 4) is 11.5 Å². The average Bonchev–Trinajstić information content (AvgIpc) is 3.21. The highest BCUT2D eigenvalue weighted by atomic mass is 35.5. The van der Waals surface area contributed by atoms with Crippen LogP contribution in [0.3, 0.4) is 0 Å². The molecule has 128 valence electrons. The molecule has 0 spiro atoms. The van der Waals surface area contributed by atoms with Gasteiger partial charge in [-0.1, -0.05) is 23.7 Å². The molecule has 0 bridgehead atoms. The molecule has 0 unspecified atom stereocenters. The predicted octanol–water partition coefficient (Wildman–Crippen LogP) is 4.39. The standard InChI is InChI=1S/C17H13ClF2N4O/c18-12-3-1-11(2-4-12)17(5-6-17)7-13-21-8-10(9-22-13)15-23-24-16(25-15)14(19)20/h1-4,8-9,14H,5-7H2. The summed E-state index contributed by atoms with van der Waals surface area (Å²) in [5.41, 5.74) is 1.70. The summed E-state index contributed by atoms with van der Waals surface area (Å²) in [6.07, 6.45) is 3.09. The molecule has 0 N–H and O–H groups in total. The normalized spacial score (nSPS) is 15.5. The zero-order chi connectivity index (χ0) is 17.4. The van der Waals surface area contributed by atoms with Gasteiger partial charge in [0.15, 0.2) is 0 Å². The van der Waals surface area contributed by atoms with Gasteiger partial charge >= 0.3 is 6.43 Å². The third-order valence-electron chi connectivity index (χ3n) is 4.39. The van der Waals surface area contributed by atoms with E-state index in [1.165, 1.54) is 18.0 Å². The van der Waals surface area contributed by atoms with Crippen molar-refractivity contribution in [2.75, 3.05) is 0 Å². The number of rotatable bonds is 5. The van der Waals surface area contributed by atoms with Crippen LogP contribution < -0.4 is 0 Å². The highest BCUT2D eigenvalue weighted by Gasteiger charge is 2.44. The fourth-order valence-electron chi connectivity index (χ4n) is 2.82. The maximum atomic E-state index is 12.5. The molecule has 0 aliphatic heterocycles. The van der Waals surface area contributed by atoms with Gasteiger partial charge < -0.3 is 4.42 Å². The number of aromatic nitrogens is 4. The summed E-state index contributed by atoms with van der Waals surface area (Å²) in [6, 6.07) is 7.84. The Hall–Kier alpha value is -2.41. The summed E-state index contributed by atoms with van der Waals surface area (Å²) < 4.78 is 29.9. The minimum absolute atomic E-state index is 0.0133. The first-order valence-corrected chi connectivity index (χ1v) is 8.12. The highest BCUT2D eigenvalue weighted by Crippen LogP contribution is 2.50. The van der Waals surface area contributed by atoms with Crippen molar-refractivity contribution in [2.45, 2.75) is 31.1 Å². The maximum absolute atomic E-state index is 12.5. The predicted molar refractivity (Wildman–Crippen MR) is 86.3 cm³/mol. The van der Waals surface area contributed by atoms with Crippen molar-refractivity contribution in [2.24, 2.45) is 0 Å². The van der Waals surface area contributed by atoms with Gasteiger partial charge in [0, 0.05) is 29.3 Å². The van der Waals surface area contributed by atoms with Gasteiger partial charge in [-0.25, -0.2) is 9.97 Å². The van der Waals surface area contributed by atoms with Crippen LogP contribution in [0.1, 0.15) is 36.5 Å². The van der Waals surface area contributed by atoms with Gasteiger partial charge in [-0.15, -0.1) is 10.2 Å². The smallest absolute Gasteiger partial charge is 0.314 e. The van der Waals surface area contributed by atoms with Crippen LogP contribution in [0.15, 0.2) is 41.1 Å². The Bertz CT molecular complexity index is 876. The second kappa shape index (κ2) is 6.15. The Labute approximate surface area is 147 Å². The number of nitrogens with zero attached hydrogens (tertiary/aromatic N) is 4. The number of hydrogen-bond donors (Lipinski definition) is 0. The lowest BCUT2D eigenvalue weighted by molar-refractivity contribution is 0.116. The number of benzene rings is 1. The van der Waals surface area contributed by atoms with Gasteiger partial charge in [-0.05, 0) is 30.5 Å². The van der Waals surface area contributed by atoms with E-state index in [1.54, 1.807) is 0 Å². The van der Waals surface area contributed by atoms with Crippen molar-refractivity contribution in [3.05, 3.63) is 59.0 Å². The zero-order valence-electron chi connectivity index (χ0n) is 13.0. The Morgan fingerprint density at radius 2 is 1.76 bits per heavy atom. The summed E-state index contributed by atoms with van der Waals surface area (Å²) in [4.78, 5) is 8.65. The fourth-order valence-corrected chi connectivity index (χ4v) is 2.95. The molecule has 4 rings (SSSR count). The molecule has 8 heteroatoms. The van der Waals surface area contributed by atoms with Crippen molar-refractivity contribution < 1.29 is 13.2 Å². The van der Waals surface area contributed by atoms with Crippen LogP contribution >= 0.6 is 11.6 Å². The van der Waals surface area contributed by atoms with E-state index < -0.39 is 12.3 Å². The summed E-state index contributed by atoms with van der Waals surface area (Å²) in [6.45, 7) is 0.